The van der Waals surface area contributed by atoms with Gasteiger partial charge in [0.1, 0.15) is 66.5 Å². The molecule has 125 heavy (non-hydrogen) atoms. The van der Waals surface area contributed by atoms with Crippen molar-refractivity contribution in [3.05, 3.63) is 173 Å². The molecule has 17 amide bonds. The molecule has 0 spiro atoms. The number of aliphatic hydroxyl groups excluding tert-OH is 1. The molecule has 0 radical (unpaired) electrons. The van der Waals surface area contributed by atoms with Gasteiger partial charge in [0.25, 0.3) is 0 Å². The number of carbonyl (C=O) groups is 15. The van der Waals surface area contributed by atoms with Gasteiger partial charge in [-0.1, -0.05) is 157 Å². The van der Waals surface area contributed by atoms with E-state index in [4.69, 9.17) is 22.2 Å². The van der Waals surface area contributed by atoms with Gasteiger partial charge in [-0.05, 0) is 145 Å². The van der Waals surface area contributed by atoms with E-state index in [0.29, 0.717) is 59.5 Å². The maximum atomic E-state index is 15.6. The Labute approximate surface area is 731 Å². The first-order valence-corrected chi connectivity index (χ1v) is 42.7. The van der Waals surface area contributed by atoms with Gasteiger partial charge < -0.3 is 84.9 Å². The van der Waals surface area contributed by atoms with Crippen LogP contribution in [0.15, 0.2) is 140 Å². The summed E-state index contributed by atoms with van der Waals surface area (Å²) < 4.78 is 0. The number of benzene rings is 5. The molecule has 0 saturated carbocycles. The lowest BCUT2D eigenvalue weighted by Crippen LogP contribution is -2.62. The fourth-order valence-corrected chi connectivity index (χ4v) is 14.5. The molecule has 0 unspecified atom stereocenters. The van der Waals surface area contributed by atoms with E-state index in [9.17, 15) is 48.3 Å². The zero-order valence-corrected chi connectivity index (χ0v) is 72.2. The summed E-state index contributed by atoms with van der Waals surface area (Å²) in [6, 6.07) is 17.8. The zero-order chi connectivity index (χ0) is 90.7. The number of likely N-dealkylation sites (tertiary alicyclic amines) is 1. The minimum Gasteiger partial charge on any atom is -0.394 e. The molecule has 5 aromatic carbocycles. The summed E-state index contributed by atoms with van der Waals surface area (Å²) in [4.78, 5) is 221. The number of primary amides is 1. The van der Waals surface area contributed by atoms with Crippen LogP contribution in [0.25, 0.3) is 10.8 Å². The van der Waals surface area contributed by atoms with Gasteiger partial charge in [0.05, 0.1) is 20.1 Å². The predicted octanol–water partition coefficient (Wildman–Crippen LogP) is 4.05. The molecule has 0 bridgehead atoms. The number of carbonyl (C=O) groups excluding carboxylic acids is 15. The van der Waals surface area contributed by atoms with Crippen LogP contribution in [0, 0.1) is 5.92 Å². The summed E-state index contributed by atoms with van der Waals surface area (Å²) in [5.74, 6) is -10.8. The van der Waals surface area contributed by atoms with Gasteiger partial charge >= 0.3 is 12.1 Å². The largest absolute Gasteiger partial charge is 0.394 e. The van der Waals surface area contributed by atoms with Gasteiger partial charge in [0.2, 0.25) is 76.8 Å². The number of urea groups is 2. The average Bonchev–Trinajstić information content (AvgIpc) is 1.72. The number of nitrogens with zero attached hydrogens (tertiary/aromatic N) is 2. The van der Waals surface area contributed by atoms with Gasteiger partial charge in [-0.25, -0.2) is 15.1 Å². The third-order valence-corrected chi connectivity index (χ3v) is 21.4. The summed E-state index contributed by atoms with van der Waals surface area (Å²) >= 11 is 6.33. The van der Waals surface area contributed by atoms with E-state index in [1.54, 1.807) is 50.2 Å². The van der Waals surface area contributed by atoms with Crippen molar-refractivity contribution in [2.75, 3.05) is 37.4 Å². The molecule has 35 nitrogen and oxygen atoms in total. The Morgan fingerprint density at radius 2 is 1.06 bits per heavy atom. The first-order valence-electron chi connectivity index (χ1n) is 42.3. The molecule has 11 atom stereocenters. The molecule has 6 aromatic rings. The number of rotatable bonds is 48. The van der Waals surface area contributed by atoms with Crippen LogP contribution in [0.2, 0.25) is 5.02 Å². The molecule has 2 fully saturated rings. The lowest BCUT2D eigenvalue weighted by Gasteiger charge is -2.31. The van der Waals surface area contributed by atoms with Crippen molar-refractivity contribution in [1.82, 2.24) is 79.2 Å². The highest BCUT2D eigenvalue weighted by molar-refractivity contribution is 6.30. The molecule has 0 aliphatic carbocycles. The number of pyridine rings is 1. The van der Waals surface area contributed by atoms with Gasteiger partial charge in [-0.3, -0.25) is 77.5 Å². The Morgan fingerprint density at radius 1 is 0.552 bits per heavy atom. The lowest BCUT2D eigenvalue weighted by molar-refractivity contribution is -0.142. The average molecular weight is 1750 g/mol. The molecule has 18 N–H and O–H groups in total. The highest BCUT2D eigenvalue weighted by Crippen LogP contribution is 2.24. The smallest absolute Gasteiger partial charge is 0.343 e. The molecule has 2 aliphatic heterocycles. The monoisotopic (exact) mass is 1740 g/mol. The normalized spacial score (nSPS) is 15.8. The summed E-state index contributed by atoms with van der Waals surface area (Å²) in [6.07, 6.45) is 7.48. The van der Waals surface area contributed by atoms with Crippen molar-refractivity contribution < 1.29 is 81.9 Å². The van der Waals surface area contributed by atoms with Gasteiger partial charge in [0.15, 0.2) is 0 Å². The topological polar surface area (TPSA) is 508 Å². The Morgan fingerprint density at radius 3 is 1.61 bits per heavy atom. The van der Waals surface area contributed by atoms with Gasteiger partial charge in [0, 0.05) is 79.9 Å². The van der Waals surface area contributed by atoms with Crippen LogP contribution in [-0.4, -0.2) is 203 Å². The molecule has 2 aliphatic rings. The number of imide groups is 1. The van der Waals surface area contributed by atoms with Crippen LogP contribution < -0.4 is 85.6 Å². The van der Waals surface area contributed by atoms with E-state index in [2.05, 4.69) is 91.8 Å². The first kappa shape index (κ1) is 98.0. The predicted molar refractivity (Wildman–Crippen MR) is 468 cm³/mol. The number of hydroxylamine groups is 1. The minimum atomic E-state index is -1.93. The number of anilines is 2. The SMILES string of the molecule is CCCCCCCC(=O)N[C@H](Cc1ccc2ccccc2c1)C(=O)N[C@H](Cc1ccc(Cl)cc1)C(=O)N[C@H](Cc1cccnc1)C(=O)N[C@@H](CO)C(=O)N[C@@H](Cc1ccc(NC(=O)[C@@H]2CC(=O)NC(=O)N2)cc1)C(=O)N[C@H](Cc1ccc(NC(=O)NOC)cc1)C(=O)N[C@@H](CC(C)C)C(=O)N[C@@H](CCCCNC(C)C)C(=O)N1CCC[C@H]1C(=O)N[C@H](C)C(N)=O. The number of halogens is 1. The summed E-state index contributed by atoms with van der Waals surface area (Å²) in [6.45, 7) is 10.6. The number of aromatic nitrogens is 1. The minimum absolute atomic E-state index is 0.0187. The van der Waals surface area contributed by atoms with E-state index in [0.717, 1.165) is 36.5 Å². The Balaban J connectivity index is 1.11. The molecular weight excluding hydrogens is 1630 g/mol. The molecule has 3 heterocycles. The second-order valence-electron chi connectivity index (χ2n) is 32.1. The van der Waals surface area contributed by atoms with E-state index >= 15 is 28.8 Å². The van der Waals surface area contributed by atoms with Crippen LogP contribution >= 0.6 is 11.6 Å². The van der Waals surface area contributed by atoms with E-state index < -0.39 is 162 Å². The van der Waals surface area contributed by atoms with Crippen molar-refractivity contribution in [3.8, 4) is 0 Å². The van der Waals surface area contributed by atoms with Gasteiger partial charge in [-0.2, -0.15) is 0 Å². The van der Waals surface area contributed by atoms with E-state index in [1.165, 1.54) is 79.9 Å². The van der Waals surface area contributed by atoms with E-state index in [-0.39, 0.29) is 99.1 Å². The number of unbranched alkanes of at least 4 members (excludes halogenated alkanes) is 5. The number of amides is 17. The second-order valence-corrected chi connectivity index (χ2v) is 32.5. The maximum absolute atomic E-state index is 15.6. The Hall–Kier alpha value is -12.5. The third kappa shape index (κ3) is 32.3. The zero-order valence-electron chi connectivity index (χ0n) is 71.5. The maximum Gasteiger partial charge on any atom is 0.343 e. The molecule has 1 aromatic heterocycles. The number of nitrogens with two attached hydrogens (primary N) is 1. The lowest BCUT2D eigenvalue weighted by atomic mass is 9.99. The van der Waals surface area contributed by atoms with Gasteiger partial charge in [-0.15, -0.1) is 0 Å². The Kier molecular flexibility index (Phi) is 39.0. The van der Waals surface area contributed by atoms with Crippen molar-refractivity contribution in [2.24, 2.45) is 11.7 Å². The summed E-state index contributed by atoms with van der Waals surface area (Å²) in [7, 11) is 1.23. The number of nitrogens with one attached hydrogen (secondary N) is 15. The van der Waals surface area contributed by atoms with E-state index in [1.807, 2.05) is 56.3 Å². The molecule has 36 heteroatoms. The quantitative estimate of drug-likeness (QED) is 0.0189. The van der Waals surface area contributed by atoms with Crippen molar-refractivity contribution >= 4 is 123 Å². The summed E-state index contributed by atoms with van der Waals surface area (Å²) in [5.41, 5.74) is 10.4. The summed E-state index contributed by atoms with van der Waals surface area (Å²) in [5, 5.41) is 51.2. The molecule has 8 rings (SSSR count). The van der Waals surface area contributed by atoms with Crippen LogP contribution in [0.4, 0.5) is 21.0 Å². The number of fused-ring (bicyclic) bond motifs is 1. The highest BCUT2D eigenvalue weighted by Gasteiger charge is 2.41. The standard InChI is InChI=1S/C89H117ClN18O17/c1-8-9-10-11-12-24-75(110)97-67(47-58-25-32-60-20-13-14-21-61(60)43-58)80(115)100-68(44-55-26-33-62(90)34-27-55)82(117)102-71(48-59-19-17-39-92-50-59)84(119)104-73(51-109)85(120)103-70(46-56-28-35-63(36-29-56)95-78(113)72-49-76(111)106-88(123)105-72)83(118)101-69(45-57-30-37-64(38-31-57)96-89(124)107-125-7)81(116)99-66(42-52(2)3)79(114)98-65(22-15-16-40-93-53(4)5)87(122)108-41-18-23-74(108)86(121)94-54(6)77(91)112/h13-14,17,19-21,25-39,43,50,52-54,65-74,93,109H,8-12,15-16,18,22-24,40-42,44-49,51H2,1-7H3,(H2,91,112)(H,94,121)(H,95,113)(H,97,110)(H,98,114)(H,99,116)(H,100,115)(H,101,118)(H,102,117)(H,103,120)(H,104,119)(H2,96,107,124)(H2,105,106,111,123)/t54-,65+,66+,67-,68-,69-,70+,71-,72+,73+,74+/m1/s1. The second kappa shape index (κ2) is 49.7. The van der Waals surface area contributed by atoms with Crippen molar-refractivity contribution in [1.29, 1.82) is 0 Å². The van der Waals surface area contributed by atoms with Crippen LogP contribution in [0.1, 0.15) is 153 Å². The fourth-order valence-electron chi connectivity index (χ4n) is 14.4. The first-order chi connectivity index (χ1) is 59.8. The van der Waals surface area contributed by atoms with Crippen molar-refractivity contribution in [3.63, 3.8) is 0 Å². The van der Waals surface area contributed by atoms with Crippen molar-refractivity contribution in [2.45, 2.75) is 230 Å². The number of hydrogen-bond donors (Lipinski definition) is 17. The highest BCUT2D eigenvalue weighted by atomic mass is 35.5. The number of aliphatic hydroxyl groups is 1. The fraction of sp³-hybridized carbons (Fsp3) is 0.461. The molecule has 2 saturated heterocycles. The third-order valence-electron chi connectivity index (χ3n) is 21.1. The van der Waals surface area contributed by atoms with Crippen LogP contribution in [0.5, 0.6) is 0 Å². The number of hydrogen-bond acceptors (Lipinski definition) is 19. The van der Waals surface area contributed by atoms with Crippen LogP contribution in [0.3, 0.4) is 0 Å². The molecule has 672 valence electrons. The molecular formula is C89H117ClN18O17. The Bertz CT molecular complexity index is 4680. The van der Waals surface area contributed by atoms with Crippen LogP contribution in [-0.2, 0) is 99.3 Å².